The summed E-state index contributed by atoms with van der Waals surface area (Å²) in [6.07, 6.45) is 0. The van der Waals surface area contributed by atoms with E-state index in [1.807, 2.05) is 0 Å². The van der Waals surface area contributed by atoms with Crippen LogP contribution in [0.3, 0.4) is 0 Å². The fraction of sp³-hybridized carbons (Fsp3) is 0.0732. The minimum Gasteiger partial charge on any atom is -0.310 e. The zero-order chi connectivity index (χ0) is 28.3. The van der Waals surface area contributed by atoms with E-state index >= 15 is 0 Å². The van der Waals surface area contributed by atoms with Crippen LogP contribution >= 0.6 is 0 Å². The van der Waals surface area contributed by atoms with E-state index in [1.165, 1.54) is 60.6 Å². The Labute approximate surface area is 247 Å². The molecule has 0 radical (unpaired) electrons. The molecular weight excluding hydrogens is 506 g/mol. The van der Waals surface area contributed by atoms with Crippen molar-refractivity contribution < 1.29 is 0 Å². The van der Waals surface area contributed by atoms with Gasteiger partial charge in [0.15, 0.2) is 0 Å². The summed E-state index contributed by atoms with van der Waals surface area (Å²) in [7, 11) is 0. The lowest BCUT2D eigenvalue weighted by Crippen LogP contribution is -2.15. The molecule has 0 bridgehead atoms. The molecule has 0 amide bonds. The zero-order valence-electron chi connectivity index (χ0n) is 23.9. The normalized spacial score (nSPS) is 13.2. The van der Waals surface area contributed by atoms with Gasteiger partial charge in [0.25, 0.3) is 0 Å². The van der Waals surface area contributed by atoms with Crippen LogP contribution < -0.4 is 4.90 Å². The van der Waals surface area contributed by atoms with Gasteiger partial charge in [0, 0.05) is 22.2 Å². The van der Waals surface area contributed by atoms with Gasteiger partial charge in [0.2, 0.25) is 0 Å². The molecule has 0 atom stereocenters. The van der Waals surface area contributed by atoms with Gasteiger partial charge >= 0.3 is 0 Å². The van der Waals surface area contributed by atoms with Crippen LogP contribution in [0.15, 0.2) is 152 Å². The Balaban J connectivity index is 1.37. The topological polar surface area (TPSA) is 3.24 Å². The Bertz CT molecular complexity index is 2110. The second kappa shape index (κ2) is 9.46. The molecule has 8 rings (SSSR count). The Kier molecular flexibility index (Phi) is 5.55. The predicted octanol–water partition coefficient (Wildman–Crippen LogP) is 11.4. The maximum atomic E-state index is 2.43. The summed E-state index contributed by atoms with van der Waals surface area (Å²) >= 11 is 0. The van der Waals surface area contributed by atoms with Gasteiger partial charge in [-0.15, -0.1) is 0 Å². The van der Waals surface area contributed by atoms with Gasteiger partial charge in [0.05, 0.1) is 5.69 Å². The third kappa shape index (κ3) is 3.78. The molecule has 0 N–H and O–H groups in total. The van der Waals surface area contributed by atoms with E-state index in [9.17, 15) is 0 Å². The van der Waals surface area contributed by atoms with E-state index in [-0.39, 0.29) is 5.41 Å². The molecule has 0 spiro atoms. The number of nitrogens with zero attached hydrogens (tertiary/aromatic N) is 1. The summed E-state index contributed by atoms with van der Waals surface area (Å²) in [5, 5.41) is 4.96. The number of rotatable bonds is 4. The Hall–Kier alpha value is -5.14. The Morgan fingerprint density at radius 2 is 1.10 bits per heavy atom. The van der Waals surface area contributed by atoms with Crippen molar-refractivity contribution in [3.63, 3.8) is 0 Å². The minimum atomic E-state index is -0.0451. The Morgan fingerprint density at radius 3 is 1.95 bits per heavy atom. The standard InChI is InChI=1S/C41H31N/c1-41(2)37-20-9-8-18-35(37)36-25-23-31(27-38(36)41)34-19-10-14-29-15-11-21-39(40(29)34)42(32-16-4-3-5-17-32)33-24-22-28-12-6-7-13-30(28)26-33/h3-27H,1-2H3. The first kappa shape index (κ1) is 24.6. The van der Waals surface area contributed by atoms with Crippen LogP contribution in [0.2, 0.25) is 0 Å². The molecule has 0 saturated heterocycles. The number of anilines is 3. The maximum absolute atomic E-state index is 2.43. The Morgan fingerprint density at radius 1 is 0.429 bits per heavy atom. The molecule has 0 fully saturated rings. The third-order valence-electron chi connectivity index (χ3n) is 9.02. The molecule has 0 saturated carbocycles. The monoisotopic (exact) mass is 537 g/mol. The molecule has 0 aliphatic heterocycles. The van der Waals surface area contributed by atoms with Crippen molar-refractivity contribution >= 4 is 38.6 Å². The second-order valence-electron chi connectivity index (χ2n) is 11.8. The number of hydrogen-bond acceptors (Lipinski definition) is 1. The third-order valence-corrected chi connectivity index (χ3v) is 9.02. The van der Waals surface area contributed by atoms with E-state index in [1.54, 1.807) is 0 Å². The smallest absolute Gasteiger partial charge is 0.0546 e. The van der Waals surface area contributed by atoms with Gasteiger partial charge in [0.1, 0.15) is 0 Å². The number of benzene rings is 7. The first-order chi connectivity index (χ1) is 20.6. The van der Waals surface area contributed by atoms with E-state index < -0.39 is 0 Å². The van der Waals surface area contributed by atoms with Crippen molar-refractivity contribution in [2.24, 2.45) is 0 Å². The lowest BCUT2D eigenvalue weighted by atomic mass is 9.81. The van der Waals surface area contributed by atoms with Crippen LogP contribution in [0, 0.1) is 0 Å². The number of fused-ring (bicyclic) bond motifs is 5. The molecule has 0 aromatic heterocycles. The molecule has 7 aromatic carbocycles. The SMILES string of the molecule is CC1(C)c2ccccc2-c2ccc(-c3cccc4cccc(N(c5ccccc5)c5ccc6ccccc6c5)c34)cc21. The quantitative estimate of drug-likeness (QED) is 0.216. The average molecular weight is 538 g/mol. The molecule has 7 aromatic rings. The van der Waals surface area contributed by atoms with Crippen LogP contribution in [0.25, 0.3) is 43.8 Å². The summed E-state index contributed by atoms with van der Waals surface area (Å²) in [5.41, 5.74) is 11.4. The maximum Gasteiger partial charge on any atom is 0.0546 e. The van der Waals surface area contributed by atoms with Crippen molar-refractivity contribution in [2.75, 3.05) is 4.90 Å². The largest absolute Gasteiger partial charge is 0.310 e. The number of para-hydroxylation sites is 1. The van der Waals surface area contributed by atoms with E-state index in [0.717, 1.165) is 11.4 Å². The van der Waals surface area contributed by atoms with E-state index in [4.69, 9.17) is 0 Å². The summed E-state index contributed by atoms with van der Waals surface area (Å²) < 4.78 is 0. The average Bonchev–Trinajstić information content (AvgIpc) is 3.27. The predicted molar refractivity (Wildman–Crippen MR) is 179 cm³/mol. The molecule has 1 aliphatic carbocycles. The highest BCUT2D eigenvalue weighted by molar-refractivity contribution is 6.08. The van der Waals surface area contributed by atoms with Crippen molar-refractivity contribution in [2.45, 2.75) is 19.3 Å². The van der Waals surface area contributed by atoms with E-state index in [2.05, 4.69) is 170 Å². The molecule has 1 aliphatic rings. The van der Waals surface area contributed by atoms with Gasteiger partial charge in [-0.1, -0.05) is 129 Å². The van der Waals surface area contributed by atoms with Gasteiger partial charge in [-0.3, -0.25) is 0 Å². The lowest BCUT2D eigenvalue weighted by Gasteiger charge is -2.28. The lowest BCUT2D eigenvalue weighted by molar-refractivity contribution is 0.660. The summed E-state index contributed by atoms with van der Waals surface area (Å²) in [6, 6.07) is 55.4. The van der Waals surface area contributed by atoms with Crippen LogP contribution in [-0.2, 0) is 5.41 Å². The minimum absolute atomic E-state index is 0.0451. The molecule has 200 valence electrons. The number of hydrogen-bond donors (Lipinski definition) is 0. The molecule has 42 heavy (non-hydrogen) atoms. The highest BCUT2D eigenvalue weighted by atomic mass is 15.1. The van der Waals surface area contributed by atoms with Crippen molar-refractivity contribution in [3.05, 3.63) is 163 Å². The van der Waals surface area contributed by atoms with Crippen LogP contribution in [0.5, 0.6) is 0 Å². The van der Waals surface area contributed by atoms with Crippen molar-refractivity contribution in [3.8, 4) is 22.3 Å². The van der Waals surface area contributed by atoms with Gasteiger partial charge in [-0.2, -0.15) is 0 Å². The first-order valence-corrected chi connectivity index (χ1v) is 14.7. The van der Waals surface area contributed by atoms with Crippen LogP contribution in [0.4, 0.5) is 17.1 Å². The van der Waals surface area contributed by atoms with Crippen LogP contribution in [-0.4, -0.2) is 0 Å². The summed E-state index contributed by atoms with van der Waals surface area (Å²) in [4.78, 5) is 2.41. The highest BCUT2D eigenvalue weighted by Crippen LogP contribution is 2.50. The molecule has 1 heteroatoms. The van der Waals surface area contributed by atoms with Crippen molar-refractivity contribution in [1.29, 1.82) is 0 Å². The van der Waals surface area contributed by atoms with Crippen molar-refractivity contribution in [1.82, 2.24) is 0 Å². The molecule has 0 unspecified atom stereocenters. The van der Waals surface area contributed by atoms with Gasteiger partial charge in [-0.05, 0) is 85.9 Å². The van der Waals surface area contributed by atoms with Gasteiger partial charge in [-0.25, -0.2) is 0 Å². The molecule has 1 nitrogen and oxygen atoms in total. The second-order valence-corrected chi connectivity index (χ2v) is 11.8. The first-order valence-electron chi connectivity index (χ1n) is 14.7. The summed E-state index contributed by atoms with van der Waals surface area (Å²) in [5.74, 6) is 0. The molecule has 0 heterocycles. The highest BCUT2D eigenvalue weighted by Gasteiger charge is 2.35. The fourth-order valence-corrected chi connectivity index (χ4v) is 6.94. The zero-order valence-corrected chi connectivity index (χ0v) is 23.9. The van der Waals surface area contributed by atoms with Gasteiger partial charge < -0.3 is 4.90 Å². The molecular formula is C41H31N. The van der Waals surface area contributed by atoms with E-state index in [0.29, 0.717) is 0 Å². The fourth-order valence-electron chi connectivity index (χ4n) is 6.94. The van der Waals surface area contributed by atoms with Crippen LogP contribution in [0.1, 0.15) is 25.0 Å². The summed E-state index contributed by atoms with van der Waals surface area (Å²) in [6.45, 7) is 4.71.